The number of aliphatic hydroxyl groups is 1. The van der Waals surface area contributed by atoms with Crippen LogP contribution in [0.1, 0.15) is 133 Å². The summed E-state index contributed by atoms with van der Waals surface area (Å²) in [6.07, 6.45) is 1.23. The Balaban J connectivity index is 2.00. The van der Waals surface area contributed by atoms with Crippen LogP contribution in [0.25, 0.3) is 0 Å². The van der Waals surface area contributed by atoms with Crippen molar-refractivity contribution >= 4 is 58.5 Å². The number of allylic oxidation sites excluding steroid dienone is 6. The van der Waals surface area contributed by atoms with Gasteiger partial charge in [0.1, 0.15) is 0 Å². The van der Waals surface area contributed by atoms with Crippen molar-refractivity contribution < 1.29 is 38.7 Å². The summed E-state index contributed by atoms with van der Waals surface area (Å²) in [6.45, 7) is 16.9. The summed E-state index contributed by atoms with van der Waals surface area (Å²) in [5.41, 5.74) is 34.9. The first-order valence-electron chi connectivity index (χ1n) is 23.3. The van der Waals surface area contributed by atoms with Crippen molar-refractivity contribution in [1.29, 1.82) is 0 Å². The van der Waals surface area contributed by atoms with E-state index < -0.39 is 98.5 Å². The number of amides is 7. The lowest BCUT2D eigenvalue weighted by molar-refractivity contribution is -0.124. The molecule has 0 aliphatic carbocycles. The maximum absolute atomic E-state index is 13.5. The minimum Gasteiger partial charge on any atom is -0.392 e. The summed E-state index contributed by atoms with van der Waals surface area (Å²) in [5, 5.41) is 16.4. The Morgan fingerprint density at radius 2 is 1.28 bits per heavy atom. The fourth-order valence-electron chi connectivity index (χ4n) is 12.3. The van der Waals surface area contributed by atoms with Gasteiger partial charge in [-0.1, -0.05) is 34.6 Å². The summed E-state index contributed by atoms with van der Waals surface area (Å²) in [6, 6.07) is -0.913. The van der Waals surface area contributed by atoms with Gasteiger partial charge in [0.15, 0.2) is 0 Å². The van der Waals surface area contributed by atoms with Gasteiger partial charge in [0.25, 0.3) is 0 Å². The molecule has 5 rings (SSSR count). The number of carbonyl (C=O) groups is 7. The minimum atomic E-state index is -1.39. The largest absolute Gasteiger partial charge is 0.392 e. The third-order valence-electron chi connectivity index (χ3n) is 16.1. The van der Waals surface area contributed by atoms with E-state index in [1.165, 1.54) is 0 Å². The van der Waals surface area contributed by atoms with Gasteiger partial charge in [-0.25, -0.2) is 0 Å². The lowest BCUT2D eigenvalue weighted by Gasteiger charge is -2.48. The first kappa shape index (κ1) is 52.3. The number of hydrogen-bond donors (Lipinski definition) is 9. The molecule has 0 aromatic rings. The van der Waals surface area contributed by atoms with Crippen molar-refractivity contribution in [2.45, 2.75) is 151 Å². The molecule has 0 radical (unpaired) electrons. The van der Waals surface area contributed by atoms with E-state index >= 15 is 0 Å². The summed E-state index contributed by atoms with van der Waals surface area (Å²) in [5.74, 6) is -6.25. The molecule has 0 spiro atoms. The van der Waals surface area contributed by atoms with Gasteiger partial charge < -0.3 is 50.1 Å². The topological polar surface area (TPSA) is 357 Å². The van der Waals surface area contributed by atoms with Gasteiger partial charge in [-0.3, -0.25) is 48.5 Å². The van der Waals surface area contributed by atoms with E-state index in [1.54, 1.807) is 6.92 Å². The van der Waals surface area contributed by atoms with E-state index in [-0.39, 0.29) is 76.7 Å². The van der Waals surface area contributed by atoms with Crippen molar-refractivity contribution in [3.63, 3.8) is 0 Å². The third kappa shape index (κ3) is 9.84. The highest BCUT2D eigenvalue weighted by Gasteiger charge is 2.66. The van der Waals surface area contributed by atoms with E-state index in [1.807, 2.05) is 61.5 Å². The zero-order valence-electron chi connectivity index (χ0n) is 40.6. The summed E-state index contributed by atoms with van der Waals surface area (Å²) in [4.78, 5) is 108. The number of nitrogens with two attached hydrogens (primary N) is 6. The lowest BCUT2D eigenvalue weighted by Crippen LogP contribution is -2.56. The fraction of sp³-hybridized carbons (Fsp3) is 0.667. The summed E-state index contributed by atoms with van der Waals surface area (Å²) >= 11 is 0. The molecule has 0 aromatic carbocycles. The number of aliphatic imine (C=N–C) groups is 3. The number of fused-ring (bicyclic) bond motifs is 6. The number of rotatable bonds is 20. The van der Waals surface area contributed by atoms with Crippen LogP contribution in [-0.2, 0) is 33.6 Å². The average molecular weight is 932 g/mol. The smallest absolute Gasteiger partial charge is 0.220 e. The zero-order valence-corrected chi connectivity index (χ0v) is 40.6. The van der Waals surface area contributed by atoms with Gasteiger partial charge in [0, 0.05) is 131 Å². The van der Waals surface area contributed by atoms with E-state index in [9.17, 15) is 38.7 Å². The molecule has 0 saturated carbocycles. The van der Waals surface area contributed by atoms with E-state index in [4.69, 9.17) is 49.4 Å². The van der Waals surface area contributed by atoms with Crippen LogP contribution in [0.15, 0.2) is 49.3 Å². The monoisotopic (exact) mass is 932 g/mol. The van der Waals surface area contributed by atoms with E-state index in [2.05, 4.69) is 10.6 Å². The molecule has 10 atom stereocenters. The highest BCUT2D eigenvalue weighted by atomic mass is 16.3. The number of carbonyl (C=O) groups excluding carboxylic acids is 7. The van der Waals surface area contributed by atoms with Gasteiger partial charge in [-0.2, -0.15) is 0 Å². The third-order valence-corrected chi connectivity index (χ3v) is 16.1. The quantitative estimate of drug-likeness (QED) is 0.0857. The molecule has 5 aliphatic rings. The molecule has 19 nitrogen and oxygen atoms in total. The molecule has 5 heterocycles. The van der Waals surface area contributed by atoms with Crippen LogP contribution in [-0.4, -0.2) is 87.8 Å². The van der Waals surface area contributed by atoms with Gasteiger partial charge >= 0.3 is 0 Å². The molecule has 0 aromatic heterocycles. The molecular weight excluding hydrogens is 859 g/mol. The molecule has 2 unspecified atom stereocenters. The standard InChI is InChI=1S/C48H73N11O8/c1-23(60)22-55-38(67)16-17-45(6)29(18-35(52)64)43-48(9)47(8,21-37(54)66)28(12-15-34(51)63)40(59-48)25(3)42-46(7,20-36(53)65)26(10-13-32(49)61)30(56-42)19-31-44(4,5)27(11-14-33(50)62)39(57-31)24(2)41(45)58-43/h19,23,26-29,43,56,60H,10-18,20-22H2,1-9H3,(H2,49,61)(H2,50,62)(H2,51,63)(H2,52,64)(H2,53,65)(H2,54,66)(H,55,67)/b30-19-,39-24-,42-25-/t23-,26?,27-,28-,29+,43?,45-,46+,47+,48+/m1/s1. The van der Waals surface area contributed by atoms with Gasteiger partial charge in [-0.05, 0) is 70.6 Å². The van der Waals surface area contributed by atoms with Gasteiger partial charge in [0.05, 0.1) is 17.7 Å². The van der Waals surface area contributed by atoms with Crippen molar-refractivity contribution in [1.82, 2.24) is 10.6 Å². The Hall–Kier alpha value is -5.72. The van der Waals surface area contributed by atoms with Gasteiger partial charge in [0.2, 0.25) is 41.4 Å². The highest BCUT2D eigenvalue weighted by molar-refractivity contribution is 6.10. The highest BCUT2D eigenvalue weighted by Crippen LogP contribution is 2.62. The first-order valence-corrected chi connectivity index (χ1v) is 23.3. The van der Waals surface area contributed by atoms with Crippen LogP contribution in [0.3, 0.4) is 0 Å². The number of primary amides is 6. The van der Waals surface area contributed by atoms with Crippen LogP contribution in [0.4, 0.5) is 0 Å². The molecule has 368 valence electrons. The first-order chi connectivity index (χ1) is 30.9. The summed E-state index contributed by atoms with van der Waals surface area (Å²) < 4.78 is 0. The van der Waals surface area contributed by atoms with Crippen LogP contribution < -0.4 is 45.0 Å². The normalized spacial score (nSPS) is 35.2. The predicted octanol–water partition coefficient (Wildman–Crippen LogP) is 1.74. The minimum absolute atomic E-state index is 0.0237. The number of nitrogens with one attached hydrogen (secondary N) is 2. The maximum atomic E-state index is 13.5. The molecule has 5 aliphatic heterocycles. The second kappa shape index (κ2) is 19.1. The fourth-order valence-corrected chi connectivity index (χ4v) is 12.3. The average Bonchev–Trinajstić information content (AvgIpc) is 3.80. The second-order valence-electron chi connectivity index (χ2n) is 21.2. The van der Waals surface area contributed by atoms with E-state index in [0.717, 1.165) is 0 Å². The molecule has 8 bridgehead atoms. The van der Waals surface area contributed by atoms with Crippen LogP contribution in [0.5, 0.6) is 0 Å². The van der Waals surface area contributed by atoms with Crippen molar-refractivity contribution in [2.75, 3.05) is 6.54 Å². The summed E-state index contributed by atoms with van der Waals surface area (Å²) in [7, 11) is 0. The Labute approximate surface area is 393 Å². The Morgan fingerprint density at radius 1 is 0.731 bits per heavy atom. The molecule has 1 fully saturated rings. The van der Waals surface area contributed by atoms with Crippen molar-refractivity contribution in [3.8, 4) is 0 Å². The molecule has 15 N–H and O–H groups in total. The number of hydrogen-bond acceptors (Lipinski definition) is 12. The predicted molar refractivity (Wildman–Crippen MR) is 254 cm³/mol. The van der Waals surface area contributed by atoms with Crippen LogP contribution in [0, 0.1) is 45.3 Å². The van der Waals surface area contributed by atoms with Crippen molar-refractivity contribution in [3.05, 3.63) is 34.3 Å². The SMILES string of the molecule is C/C1=C2N=C(/C=C3\N/C(=C(/C)C4=N[C@@](C)(C5N=C1[C@](C)(CCC(=O)NC[C@@H](C)O)[C@H]5CC(N)=O)[C@@](C)(CC(N)=O)[C@@H]4CCC(N)=O)[C@@](C)(CC(N)=O)C3CCC(N)=O)C(C)(C)[C@@H]/2CCC(N)=O. The molecule has 19 heteroatoms. The van der Waals surface area contributed by atoms with Crippen molar-refractivity contribution in [2.24, 2.45) is 94.7 Å². The maximum Gasteiger partial charge on any atom is 0.220 e. The number of aliphatic hydroxyl groups excluding tert-OH is 1. The molecular formula is C48H73N11O8. The Kier molecular flexibility index (Phi) is 14.9. The van der Waals surface area contributed by atoms with Gasteiger partial charge in [-0.15, -0.1) is 0 Å². The van der Waals surface area contributed by atoms with E-state index in [0.29, 0.717) is 51.8 Å². The van der Waals surface area contributed by atoms with Crippen LogP contribution in [0.2, 0.25) is 0 Å². The Bertz CT molecular complexity index is 2310. The number of nitrogens with zero attached hydrogens (tertiary/aromatic N) is 3. The Morgan fingerprint density at radius 3 is 1.81 bits per heavy atom. The molecule has 1 saturated heterocycles. The van der Waals surface area contributed by atoms with Crippen LogP contribution >= 0.6 is 0 Å². The molecule has 7 amide bonds. The molecule has 67 heavy (non-hydrogen) atoms. The lowest BCUT2D eigenvalue weighted by atomic mass is 9.55. The zero-order chi connectivity index (χ0) is 50.4. The second-order valence-corrected chi connectivity index (χ2v) is 21.2.